The van der Waals surface area contributed by atoms with Crippen molar-refractivity contribution >= 4 is 5.78 Å². The number of aryl methyl sites for hydroxylation is 1. The van der Waals surface area contributed by atoms with Gasteiger partial charge in [0.1, 0.15) is 18.6 Å². The first-order chi connectivity index (χ1) is 13.2. The molecule has 8 nitrogen and oxygen atoms in total. The van der Waals surface area contributed by atoms with Crippen molar-refractivity contribution < 1.29 is 47.0 Å². The van der Waals surface area contributed by atoms with Gasteiger partial charge in [-0.15, -0.1) is 10.2 Å². The fourth-order valence-electron chi connectivity index (χ4n) is 2.32. The second kappa shape index (κ2) is 10.0. The summed E-state index contributed by atoms with van der Waals surface area (Å²) >= 11 is 0. The molecule has 148 valence electrons. The lowest BCUT2D eigenvalue weighted by Crippen LogP contribution is -2.68. The van der Waals surface area contributed by atoms with E-state index in [0.717, 1.165) is 18.5 Å². The minimum absolute atomic E-state index is 0.0296. The Balaban J connectivity index is 0.000000500. The quantitative estimate of drug-likeness (QED) is 0.362. The van der Waals surface area contributed by atoms with Crippen molar-refractivity contribution in [3.05, 3.63) is 72.6 Å². The van der Waals surface area contributed by atoms with Crippen LogP contribution in [0.4, 0.5) is 4.39 Å². The number of nitrogens with zero attached hydrogens (tertiary/aromatic N) is 2. The molecule has 0 radical (unpaired) electrons. The molecule has 1 aromatic carbocycles. The van der Waals surface area contributed by atoms with Crippen molar-refractivity contribution in [3.63, 3.8) is 0 Å². The lowest BCUT2D eigenvalue weighted by molar-refractivity contribution is -2.00. The third-order valence-corrected chi connectivity index (χ3v) is 3.56. The third kappa shape index (κ3) is 7.91. The second-order valence-corrected chi connectivity index (χ2v) is 6.33. The molecule has 0 N–H and O–H groups in total. The Morgan fingerprint density at radius 1 is 1.07 bits per heavy atom. The van der Waals surface area contributed by atoms with Gasteiger partial charge in [-0.05, 0) is 24.3 Å². The van der Waals surface area contributed by atoms with Crippen molar-refractivity contribution in [2.45, 2.75) is 19.4 Å². The highest BCUT2D eigenvalue weighted by molar-refractivity contribution is 5.95. The van der Waals surface area contributed by atoms with E-state index in [-0.39, 0.29) is 11.6 Å². The van der Waals surface area contributed by atoms with E-state index in [0.29, 0.717) is 17.9 Å². The average Bonchev–Trinajstić information content (AvgIpc) is 3.16. The molecule has 2 heterocycles. The summed E-state index contributed by atoms with van der Waals surface area (Å²) < 4.78 is 54.0. The van der Waals surface area contributed by atoms with Crippen molar-refractivity contribution in [2.24, 2.45) is 0 Å². The standard InChI is InChI=1S/C18H16FN2O2.ClHO4/c19-16-5-3-14(4-6-16)17(22)2-1-10-21-11-7-15(8-12-21)18-20-9-13-23-18;2-1(3,4)5/h3-9,11-13H,1-2,10H2;(H,2,3,4,5)/q+1;/p-1. The first-order valence-electron chi connectivity index (χ1n) is 8.02. The van der Waals surface area contributed by atoms with Crippen LogP contribution in [0.1, 0.15) is 23.2 Å². The van der Waals surface area contributed by atoms with Crippen LogP contribution in [-0.4, -0.2) is 10.8 Å². The van der Waals surface area contributed by atoms with E-state index in [1.807, 2.05) is 29.1 Å². The largest absolute Gasteiger partial charge is 0.445 e. The van der Waals surface area contributed by atoms with E-state index in [1.54, 1.807) is 6.20 Å². The summed E-state index contributed by atoms with van der Waals surface area (Å²) in [5.74, 6) is 0.286. The average molecular weight is 411 g/mol. The fourth-order valence-corrected chi connectivity index (χ4v) is 2.32. The number of aromatic nitrogens is 2. The number of benzene rings is 1. The van der Waals surface area contributed by atoms with E-state index >= 15 is 0 Å². The number of ketones is 1. The number of rotatable bonds is 6. The molecule has 10 heteroatoms. The summed E-state index contributed by atoms with van der Waals surface area (Å²) in [7, 11) is -4.94. The lowest BCUT2D eigenvalue weighted by atomic mass is 10.1. The molecule has 2 aromatic heterocycles. The molecular formula is C18H16ClFN2O6. The molecule has 0 bridgehead atoms. The number of hydrogen-bond donors (Lipinski definition) is 0. The highest BCUT2D eigenvalue weighted by Gasteiger charge is 2.09. The maximum Gasteiger partial charge on any atom is 0.226 e. The Kier molecular flexibility index (Phi) is 7.73. The van der Waals surface area contributed by atoms with Gasteiger partial charge in [-0.2, -0.15) is 0 Å². The van der Waals surface area contributed by atoms with Crippen molar-refractivity contribution in [1.29, 1.82) is 0 Å². The monoisotopic (exact) mass is 410 g/mol. The first kappa shape index (κ1) is 21.6. The van der Waals surface area contributed by atoms with E-state index in [9.17, 15) is 9.18 Å². The number of oxazole rings is 1. The molecule has 0 atom stereocenters. The van der Waals surface area contributed by atoms with Gasteiger partial charge in [-0.25, -0.2) is 32.6 Å². The van der Waals surface area contributed by atoms with E-state index < -0.39 is 10.2 Å². The Bertz CT molecular complexity index is 859. The van der Waals surface area contributed by atoms with Crippen LogP contribution in [0, 0.1) is 16.1 Å². The summed E-state index contributed by atoms with van der Waals surface area (Å²) in [5, 5.41) is 0. The summed E-state index contributed by atoms with van der Waals surface area (Å²) in [6.45, 7) is 0.735. The minimum atomic E-state index is -4.94. The van der Waals surface area contributed by atoms with E-state index in [2.05, 4.69) is 4.98 Å². The van der Waals surface area contributed by atoms with Crippen molar-refractivity contribution in [1.82, 2.24) is 4.98 Å². The molecule has 0 aliphatic heterocycles. The van der Waals surface area contributed by atoms with Gasteiger partial charge in [0.05, 0.1) is 6.20 Å². The Morgan fingerprint density at radius 2 is 1.68 bits per heavy atom. The van der Waals surface area contributed by atoms with Gasteiger partial charge in [0, 0.05) is 36.1 Å². The maximum absolute atomic E-state index is 12.8. The van der Waals surface area contributed by atoms with Gasteiger partial charge in [0.25, 0.3) is 0 Å². The van der Waals surface area contributed by atoms with Crippen molar-refractivity contribution in [3.8, 4) is 11.5 Å². The predicted molar refractivity (Wildman–Crippen MR) is 82.1 cm³/mol. The molecule has 28 heavy (non-hydrogen) atoms. The molecule has 0 aliphatic rings. The molecular weight excluding hydrogens is 395 g/mol. The molecule has 0 fully saturated rings. The van der Waals surface area contributed by atoms with Crippen LogP contribution in [0.5, 0.6) is 0 Å². The van der Waals surface area contributed by atoms with Crippen LogP contribution in [0.3, 0.4) is 0 Å². The minimum Gasteiger partial charge on any atom is -0.445 e. The van der Waals surface area contributed by atoms with Gasteiger partial charge in [-0.1, -0.05) is 0 Å². The maximum atomic E-state index is 12.8. The molecule has 0 saturated heterocycles. The topological polar surface area (TPSA) is 139 Å². The SMILES string of the molecule is O=C(CCC[n+]1ccc(-c2ncco2)cc1)c1ccc(F)cc1.[O-][Cl+3]([O-])([O-])[O-]. The van der Waals surface area contributed by atoms with Gasteiger partial charge in [0.2, 0.25) is 5.89 Å². The van der Waals surface area contributed by atoms with Gasteiger partial charge >= 0.3 is 0 Å². The number of Topliss-reactive ketones (excluding diaryl/α,β-unsaturated/α-hetero) is 1. The number of carbonyl (C=O) groups is 1. The highest BCUT2D eigenvalue weighted by Crippen LogP contribution is 2.14. The summed E-state index contributed by atoms with van der Waals surface area (Å²) in [6.07, 6.45) is 8.16. The molecule has 0 saturated carbocycles. The Hall–Kier alpha value is -2.69. The predicted octanol–water partition coefficient (Wildman–Crippen LogP) is -1.32. The molecule has 3 rings (SSSR count). The van der Waals surface area contributed by atoms with Gasteiger partial charge < -0.3 is 4.42 Å². The van der Waals surface area contributed by atoms with Gasteiger partial charge in [-0.3, -0.25) is 4.79 Å². The lowest BCUT2D eigenvalue weighted by Gasteiger charge is -2.17. The summed E-state index contributed by atoms with van der Waals surface area (Å²) in [4.78, 5) is 16.1. The van der Waals surface area contributed by atoms with E-state index in [4.69, 9.17) is 23.1 Å². The Morgan fingerprint density at radius 3 is 2.21 bits per heavy atom. The van der Waals surface area contributed by atoms with Crippen molar-refractivity contribution in [2.75, 3.05) is 0 Å². The third-order valence-electron chi connectivity index (χ3n) is 3.56. The smallest absolute Gasteiger partial charge is 0.226 e. The number of halogens is 2. The zero-order valence-electron chi connectivity index (χ0n) is 14.5. The zero-order chi connectivity index (χ0) is 20.6. The fraction of sp³-hybridized carbons (Fsp3) is 0.167. The first-order valence-corrected chi connectivity index (χ1v) is 9.25. The Labute approximate surface area is 161 Å². The summed E-state index contributed by atoms with van der Waals surface area (Å²) in [6, 6.07) is 9.51. The van der Waals surface area contributed by atoms with Crippen LogP contribution in [0.25, 0.3) is 11.5 Å². The molecule has 0 spiro atoms. The molecule has 0 unspecified atom stereocenters. The van der Waals surface area contributed by atoms with Crippen LogP contribution >= 0.6 is 0 Å². The molecule has 3 aromatic rings. The normalized spacial score (nSPS) is 10.9. The number of carbonyl (C=O) groups excluding carboxylic acids is 1. The highest BCUT2D eigenvalue weighted by atomic mass is 35.7. The second-order valence-electron chi connectivity index (χ2n) is 5.57. The van der Waals surface area contributed by atoms with Gasteiger partial charge in [0.15, 0.2) is 18.2 Å². The molecule has 0 aliphatic carbocycles. The van der Waals surface area contributed by atoms with E-state index in [1.165, 1.54) is 30.5 Å². The zero-order valence-corrected chi connectivity index (χ0v) is 15.3. The van der Waals surface area contributed by atoms with Crippen LogP contribution < -0.4 is 23.2 Å². The van der Waals surface area contributed by atoms with Crippen LogP contribution in [-0.2, 0) is 6.54 Å². The number of hydrogen-bond acceptors (Lipinski definition) is 7. The van der Waals surface area contributed by atoms with Crippen LogP contribution in [0.15, 0.2) is 65.7 Å². The molecule has 0 amide bonds. The van der Waals surface area contributed by atoms with Crippen LogP contribution in [0.2, 0.25) is 0 Å². The number of pyridine rings is 1. The summed E-state index contributed by atoms with van der Waals surface area (Å²) in [5.41, 5.74) is 1.46.